The molecule has 0 saturated heterocycles. The minimum Gasteiger partial charge on any atom is -0.497 e. The zero-order valence-electron chi connectivity index (χ0n) is 8.67. The Bertz CT molecular complexity index is 544. The summed E-state index contributed by atoms with van der Waals surface area (Å²) in [7, 11) is 1.61. The molecule has 0 bridgehead atoms. The normalized spacial score (nSPS) is 12.3. The third-order valence-electron chi connectivity index (χ3n) is 2.16. The zero-order chi connectivity index (χ0) is 11.5. The number of aliphatic hydroxyl groups is 1. The van der Waals surface area contributed by atoms with Gasteiger partial charge in [0.05, 0.1) is 28.4 Å². The van der Waals surface area contributed by atoms with E-state index in [9.17, 15) is 5.11 Å². The van der Waals surface area contributed by atoms with Crippen molar-refractivity contribution < 1.29 is 9.84 Å². The highest BCUT2D eigenvalue weighted by Gasteiger charge is 2.09. The van der Waals surface area contributed by atoms with E-state index in [2.05, 4.69) is 4.98 Å². The minimum atomic E-state index is -0.984. The number of hydrogen-bond donors (Lipinski definition) is 1. The van der Waals surface area contributed by atoms with E-state index >= 15 is 0 Å². The summed E-state index contributed by atoms with van der Waals surface area (Å²) in [5, 5.41) is 18.5. The lowest BCUT2D eigenvalue weighted by Gasteiger charge is -1.96. The van der Waals surface area contributed by atoms with E-state index < -0.39 is 6.10 Å². The number of ether oxygens (including phenoxy) is 1. The minimum absolute atomic E-state index is 0.276. The molecule has 16 heavy (non-hydrogen) atoms. The molecule has 0 aliphatic carbocycles. The van der Waals surface area contributed by atoms with Crippen LogP contribution >= 0.6 is 11.3 Å². The molecule has 0 saturated carbocycles. The molecule has 1 N–H and O–H groups in total. The van der Waals surface area contributed by atoms with Crippen LogP contribution in [0.2, 0.25) is 0 Å². The maximum absolute atomic E-state index is 9.22. The highest BCUT2D eigenvalue weighted by atomic mass is 32.1. The standard InChI is InChI=1S/C11H10N2O2S/c1-15-8-2-3-9-10(5-8)16-11(13-9)4-7(14)6-12/h2-3,5,7,14H,4H2,1H3. The molecule has 1 atom stereocenters. The molecule has 4 nitrogen and oxygen atoms in total. The first kappa shape index (κ1) is 10.9. The average Bonchev–Trinajstić information content (AvgIpc) is 2.69. The largest absolute Gasteiger partial charge is 0.497 e. The van der Waals surface area contributed by atoms with Crippen molar-refractivity contribution in [1.29, 1.82) is 5.26 Å². The van der Waals surface area contributed by atoms with Crippen LogP contribution in [0, 0.1) is 11.3 Å². The summed E-state index contributed by atoms with van der Waals surface area (Å²) in [6.45, 7) is 0. The second kappa shape index (κ2) is 4.47. The number of hydrogen-bond acceptors (Lipinski definition) is 5. The molecule has 1 aromatic carbocycles. The predicted molar refractivity (Wildman–Crippen MR) is 61.5 cm³/mol. The Hall–Kier alpha value is -1.64. The van der Waals surface area contributed by atoms with Crippen molar-refractivity contribution >= 4 is 21.6 Å². The molecule has 1 aromatic heterocycles. The number of nitriles is 1. The number of aliphatic hydroxyl groups excluding tert-OH is 1. The fourth-order valence-electron chi connectivity index (χ4n) is 1.38. The Morgan fingerprint density at radius 3 is 3.12 bits per heavy atom. The van der Waals surface area contributed by atoms with Gasteiger partial charge in [0.25, 0.3) is 0 Å². The smallest absolute Gasteiger partial charge is 0.146 e. The van der Waals surface area contributed by atoms with Crippen molar-refractivity contribution in [3.05, 3.63) is 23.2 Å². The first-order valence-electron chi connectivity index (χ1n) is 4.74. The molecule has 82 valence electrons. The molecule has 2 aromatic rings. The summed E-state index contributed by atoms with van der Waals surface area (Å²) >= 11 is 1.47. The summed E-state index contributed by atoms with van der Waals surface area (Å²) in [6, 6.07) is 7.38. The van der Waals surface area contributed by atoms with Crippen LogP contribution in [0.25, 0.3) is 10.2 Å². The maximum Gasteiger partial charge on any atom is 0.146 e. The van der Waals surface area contributed by atoms with Crippen LogP contribution in [0.3, 0.4) is 0 Å². The van der Waals surface area contributed by atoms with Gasteiger partial charge in [-0.25, -0.2) is 4.98 Å². The molecule has 0 radical (unpaired) electrons. The average molecular weight is 234 g/mol. The Morgan fingerprint density at radius 2 is 2.44 bits per heavy atom. The summed E-state index contributed by atoms with van der Waals surface area (Å²) in [5.41, 5.74) is 0.867. The Balaban J connectivity index is 2.33. The third-order valence-corrected chi connectivity index (χ3v) is 3.20. The molecular weight excluding hydrogens is 224 g/mol. The van der Waals surface area contributed by atoms with Gasteiger partial charge in [-0.15, -0.1) is 11.3 Å². The van der Waals surface area contributed by atoms with Crippen molar-refractivity contribution in [1.82, 2.24) is 4.98 Å². The predicted octanol–water partition coefficient (Wildman–Crippen LogP) is 1.73. The maximum atomic E-state index is 9.22. The van der Waals surface area contributed by atoms with Crippen molar-refractivity contribution in [2.75, 3.05) is 7.11 Å². The molecule has 0 aliphatic heterocycles. The SMILES string of the molecule is COc1ccc2nc(CC(O)C#N)sc2c1. The number of nitrogens with zero attached hydrogens (tertiary/aromatic N) is 2. The zero-order valence-corrected chi connectivity index (χ0v) is 9.49. The van der Waals surface area contributed by atoms with Crippen LogP contribution in [0.5, 0.6) is 5.75 Å². The second-order valence-corrected chi connectivity index (χ2v) is 4.41. The number of rotatable bonds is 3. The Kier molecular flexibility index (Phi) is 3.04. The van der Waals surface area contributed by atoms with Gasteiger partial charge < -0.3 is 9.84 Å². The van der Waals surface area contributed by atoms with Gasteiger partial charge in [0.15, 0.2) is 0 Å². The van der Waals surface area contributed by atoms with Gasteiger partial charge in [0.2, 0.25) is 0 Å². The van der Waals surface area contributed by atoms with Crippen molar-refractivity contribution in [3.63, 3.8) is 0 Å². The topological polar surface area (TPSA) is 66.1 Å². The van der Waals surface area contributed by atoms with Gasteiger partial charge in [0.1, 0.15) is 11.9 Å². The van der Waals surface area contributed by atoms with E-state index in [-0.39, 0.29) is 6.42 Å². The Labute approximate surface area is 96.7 Å². The molecule has 1 heterocycles. The summed E-state index contributed by atoms with van der Waals surface area (Å²) < 4.78 is 6.11. The van der Waals surface area contributed by atoms with E-state index in [4.69, 9.17) is 10.00 Å². The number of fused-ring (bicyclic) bond motifs is 1. The molecule has 1 unspecified atom stereocenters. The number of benzene rings is 1. The van der Waals surface area contributed by atoms with Gasteiger partial charge in [-0.1, -0.05) is 0 Å². The van der Waals surface area contributed by atoms with Crippen LogP contribution in [-0.2, 0) is 6.42 Å². The highest BCUT2D eigenvalue weighted by molar-refractivity contribution is 7.18. The molecule has 5 heteroatoms. The lowest BCUT2D eigenvalue weighted by Crippen LogP contribution is -2.05. The summed E-state index contributed by atoms with van der Waals surface area (Å²) in [4.78, 5) is 4.33. The van der Waals surface area contributed by atoms with Crippen LogP contribution in [0.1, 0.15) is 5.01 Å². The summed E-state index contributed by atoms with van der Waals surface area (Å²) in [6.07, 6.45) is -0.708. The van der Waals surface area contributed by atoms with Crippen LogP contribution in [0.4, 0.5) is 0 Å². The van der Waals surface area contributed by atoms with Gasteiger partial charge in [-0.2, -0.15) is 5.26 Å². The fraction of sp³-hybridized carbons (Fsp3) is 0.273. The summed E-state index contributed by atoms with van der Waals surface area (Å²) in [5.74, 6) is 0.781. The van der Waals surface area contributed by atoms with Gasteiger partial charge in [0, 0.05) is 6.42 Å². The van der Waals surface area contributed by atoms with E-state index in [1.165, 1.54) is 11.3 Å². The molecule has 0 fully saturated rings. The van der Waals surface area contributed by atoms with Crippen LogP contribution in [-0.4, -0.2) is 23.3 Å². The molecule has 2 rings (SSSR count). The van der Waals surface area contributed by atoms with Crippen molar-refractivity contribution in [2.24, 2.45) is 0 Å². The fourth-order valence-corrected chi connectivity index (χ4v) is 2.41. The number of thiazole rings is 1. The first-order valence-corrected chi connectivity index (χ1v) is 5.55. The number of aromatic nitrogens is 1. The molecule has 0 aliphatic rings. The third kappa shape index (κ3) is 2.13. The second-order valence-electron chi connectivity index (χ2n) is 3.29. The van der Waals surface area contributed by atoms with Crippen molar-refractivity contribution in [2.45, 2.75) is 12.5 Å². The monoisotopic (exact) mass is 234 g/mol. The lowest BCUT2D eigenvalue weighted by molar-refractivity contribution is 0.231. The van der Waals surface area contributed by atoms with Gasteiger partial charge in [-0.05, 0) is 18.2 Å². The quantitative estimate of drug-likeness (QED) is 0.821. The highest BCUT2D eigenvalue weighted by Crippen LogP contribution is 2.26. The van der Waals surface area contributed by atoms with Gasteiger partial charge in [-0.3, -0.25) is 0 Å². The van der Waals surface area contributed by atoms with Crippen LogP contribution in [0.15, 0.2) is 18.2 Å². The molecular formula is C11H10N2O2S. The van der Waals surface area contributed by atoms with Crippen molar-refractivity contribution in [3.8, 4) is 11.8 Å². The number of methoxy groups -OCH3 is 1. The molecule has 0 amide bonds. The van der Waals surface area contributed by atoms with E-state index in [0.717, 1.165) is 21.0 Å². The van der Waals surface area contributed by atoms with E-state index in [1.54, 1.807) is 13.2 Å². The molecule has 0 spiro atoms. The van der Waals surface area contributed by atoms with Gasteiger partial charge >= 0.3 is 0 Å². The van der Waals surface area contributed by atoms with E-state index in [1.807, 2.05) is 18.2 Å². The lowest BCUT2D eigenvalue weighted by atomic mass is 10.3. The first-order chi connectivity index (χ1) is 7.72. The Morgan fingerprint density at radius 1 is 1.62 bits per heavy atom. The van der Waals surface area contributed by atoms with Crippen LogP contribution < -0.4 is 4.74 Å². The van der Waals surface area contributed by atoms with E-state index in [0.29, 0.717) is 0 Å².